The second-order valence-corrected chi connectivity index (χ2v) is 7.64. The average Bonchev–Trinajstić information content (AvgIpc) is 3.15. The van der Waals surface area contributed by atoms with E-state index in [9.17, 15) is 14.9 Å². The van der Waals surface area contributed by atoms with Crippen LogP contribution in [-0.2, 0) is 0 Å². The van der Waals surface area contributed by atoms with Crippen LogP contribution in [0.5, 0.6) is 0 Å². The molecule has 1 aliphatic heterocycles. The third-order valence-electron chi connectivity index (χ3n) is 5.05. The highest BCUT2D eigenvalue weighted by Crippen LogP contribution is 2.31. The van der Waals surface area contributed by atoms with E-state index in [1.165, 1.54) is 6.07 Å². The van der Waals surface area contributed by atoms with Crippen LogP contribution in [0.4, 0.5) is 11.4 Å². The maximum absolute atomic E-state index is 13.2. The lowest BCUT2D eigenvalue weighted by Gasteiger charge is -2.35. The largest absolute Gasteiger partial charge is 0.362 e. The van der Waals surface area contributed by atoms with Crippen molar-refractivity contribution >= 4 is 41.1 Å². The Hall–Kier alpha value is -3.17. The van der Waals surface area contributed by atoms with E-state index in [0.29, 0.717) is 47.4 Å². The van der Waals surface area contributed by atoms with Gasteiger partial charge in [-0.3, -0.25) is 19.5 Å². The molecule has 0 spiro atoms. The van der Waals surface area contributed by atoms with Crippen molar-refractivity contribution in [2.24, 2.45) is 0 Å². The van der Waals surface area contributed by atoms with Gasteiger partial charge in [-0.1, -0.05) is 29.8 Å². The summed E-state index contributed by atoms with van der Waals surface area (Å²) in [7, 11) is 0. The molecule has 0 atom stereocenters. The van der Waals surface area contributed by atoms with Gasteiger partial charge in [0.2, 0.25) is 0 Å². The molecule has 0 unspecified atom stereocenters. The number of nitrogens with one attached hydrogen (secondary N) is 1. The lowest BCUT2D eigenvalue weighted by atomic mass is 10.2. The third kappa shape index (κ3) is 3.81. The number of rotatable bonds is 4. The smallest absolute Gasteiger partial charge is 0.294 e. The van der Waals surface area contributed by atoms with Crippen molar-refractivity contribution in [2.45, 2.75) is 0 Å². The van der Waals surface area contributed by atoms with Crippen LogP contribution in [0.1, 0.15) is 10.5 Å². The fraction of sp³-hybridized carbons (Fsp3) is 0.200. The molecular weight excluding hydrogens is 426 g/mol. The molecule has 1 saturated heterocycles. The molecule has 30 heavy (non-hydrogen) atoms. The molecule has 154 valence electrons. The Morgan fingerprint density at radius 3 is 2.47 bits per heavy atom. The Kier molecular flexibility index (Phi) is 5.56. The molecule has 1 amide bonds. The molecule has 1 fully saturated rings. The number of carbonyl (C=O) groups is 1. The third-order valence-corrected chi connectivity index (χ3v) is 5.59. The topological polar surface area (TPSA) is 87.4 Å². The van der Waals surface area contributed by atoms with E-state index in [2.05, 4.69) is 4.98 Å². The van der Waals surface area contributed by atoms with Gasteiger partial charge in [-0.2, -0.15) is 0 Å². The summed E-state index contributed by atoms with van der Waals surface area (Å²) >= 11 is 11.3. The van der Waals surface area contributed by atoms with Crippen LogP contribution < -0.4 is 4.90 Å². The average molecular weight is 444 g/mol. The quantitative estimate of drug-likeness (QED) is 0.373. The van der Waals surface area contributed by atoms with Crippen molar-refractivity contribution in [1.29, 1.82) is 0 Å². The van der Waals surface area contributed by atoms with Crippen molar-refractivity contribution in [3.63, 3.8) is 0 Å². The zero-order valence-corrected chi connectivity index (χ0v) is 17.4. The zero-order chi connectivity index (χ0) is 21.3. The Morgan fingerprint density at radius 1 is 1.10 bits per heavy atom. The molecular formula is C20H18ClN5O3S. The Morgan fingerprint density at radius 2 is 1.80 bits per heavy atom. The molecule has 4 rings (SSSR count). The number of anilines is 1. The maximum Gasteiger partial charge on any atom is 0.294 e. The molecule has 1 aromatic heterocycles. The van der Waals surface area contributed by atoms with Crippen LogP contribution in [0, 0.1) is 14.9 Å². The second kappa shape index (κ2) is 8.29. The number of halogens is 1. The van der Waals surface area contributed by atoms with Crippen molar-refractivity contribution in [1.82, 2.24) is 14.5 Å². The van der Waals surface area contributed by atoms with Gasteiger partial charge >= 0.3 is 0 Å². The molecule has 8 nitrogen and oxygen atoms in total. The summed E-state index contributed by atoms with van der Waals surface area (Å²) < 4.78 is 2.16. The van der Waals surface area contributed by atoms with E-state index in [4.69, 9.17) is 23.8 Å². The van der Waals surface area contributed by atoms with Crippen molar-refractivity contribution in [2.75, 3.05) is 31.1 Å². The number of nitro groups is 1. The summed E-state index contributed by atoms with van der Waals surface area (Å²) in [5.41, 5.74) is 1.73. The predicted molar refractivity (Wildman–Crippen MR) is 117 cm³/mol. The molecule has 0 aliphatic carbocycles. The van der Waals surface area contributed by atoms with Crippen molar-refractivity contribution in [3.8, 4) is 5.69 Å². The van der Waals surface area contributed by atoms with E-state index < -0.39 is 4.92 Å². The minimum Gasteiger partial charge on any atom is -0.362 e. The second-order valence-electron chi connectivity index (χ2n) is 6.82. The number of aromatic nitrogens is 2. The Balaban J connectivity index is 1.53. The monoisotopic (exact) mass is 443 g/mol. The fourth-order valence-electron chi connectivity index (χ4n) is 3.58. The van der Waals surface area contributed by atoms with Gasteiger partial charge in [0.05, 0.1) is 4.92 Å². The molecule has 0 saturated carbocycles. The first-order valence-corrected chi connectivity index (χ1v) is 10.1. The highest BCUT2D eigenvalue weighted by atomic mass is 35.5. The van der Waals surface area contributed by atoms with Gasteiger partial charge in [-0.25, -0.2) is 0 Å². The first-order valence-electron chi connectivity index (χ1n) is 9.29. The van der Waals surface area contributed by atoms with Gasteiger partial charge in [-0.05, 0) is 36.5 Å². The van der Waals surface area contributed by atoms with E-state index in [0.717, 1.165) is 5.69 Å². The normalized spacial score (nSPS) is 14.0. The predicted octanol–water partition coefficient (Wildman–Crippen LogP) is 4.06. The van der Waals surface area contributed by atoms with Gasteiger partial charge in [0.15, 0.2) is 4.77 Å². The molecule has 3 aromatic rings. The number of amides is 1. The fourth-order valence-corrected chi connectivity index (χ4v) is 4.01. The molecule has 0 radical (unpaired) electrons. The molecule has 1 N–H and O–H groups in total. The number of aromatic amines is 1. The molecule has 2 heterocycles. The number of benzene rings is 2. The van der Waals surface area contributed by atoms with Crippen molar-refractivity contribution in [3.05, 3.63) is 80.3 Å². The van der Waals surface area contributed by atoms with Gasteiger partial charge in [0.1, 0.15) is 11.4 Å². The summed E-state index contributed by atoms with van der Waals surface area (Å²) in [6.07, 6.45) is 1.62. The SMILES string of the molecule is O=C(c1c[nH]c(=S)n1-c1ccccc1)N1CCN(c2ccc(Cl)cc2[N+](=O)[O-])CC1. The van der Waals surface area contributed by atoms with Gasteiger partial charge < -0.3 is 14.8 Å². The van der Waals surface area contributed by atoms with Crippen LogP contribution in [0.15, 0.2) is 54.7 Å². The van der Waals surface area contributed by atoms with E-state index >= 15 is 0 Å². The number of hydrogen-bond acceptors (Lipinski definition) is 5. The summed E-state index contributed by atoms with van der Waals surface area (Å²) in [6, 6.07) is 14.1. The molecule has 1 aliphatic rings. The standard InChI is InChI=1S/C20H18ClN5O3S/c21-14-6-7-16(17(12-14)26(28)29)23-8-10-24(11-9-23)19(27)18-13-22-20(30)25(18)15-4-2-1-3-5-15/h1-7,12-13H,8-11H2,(H,22,30). The minimum atomic E-state index is -0.438. The molecule has 0 bridgehead atoms. The van der Waals surface area contributed by atoms with Crippen LogP contribution in [0.25, 0.3) is 5.69 Å². The van der Waals surface area contributed by atoms with Gasteiger partial charge in [0.25, 0.3) is 11.6 Å². The van der Waals surface area contributed by atoms with E-state index in [-0.39, 0.29) is 11.6 Å². The summed E-state index contributed by atoms with van der Waals surface area (Å²) in [6.45, 7) is 1.83. The van der Waals surface area contributed by atoms with Gasteiger partial charge in [0, 0.05) is 49.2 Å². The van der Waals surface area contributed by atoms with Gasteiger partial charge in [-0.15, -0.1) is 0 Å². The summed E-state index contributed by atoms with van der Waals surface area (Å²) in [5.74, 6) is -0.142. The number of H-pyrrole nitrogens is 1. The van der Waals surface area contributed by atoms with E-state index in [1.54, 1.807) is 27.8 Å². The zero-order valence-electron chi connectivity index (χ0n) is 15.8. The maximum atomic E-state index is 13.2. The number of hydrogen-bond donors (Lipinski definition) is 1. The van der Waals surface area contributed by atoms with Crippen LogP contribution >= 0.6 is 23.8 Å². The number of para-hydroxylation sites is 1. The van der Waals surface area contributed by atoms with E-state index in [1.807, 2.05) is 35.2 Å². The van der Waals surface area contributed by atoms with Crippen LogP contribution in [0.3, 0.4) is 0 Å². The lowest BCUT2D eigenvalue weighted by Crippen LogP contribution is -2.49. The van der Waals surface area contributed by atoms with Crippen molar-refractivity contribution < 1.29 is 9.72 Å². The van der Waals surface area contributed by atoms with Crippen LogP contribution in [0.2, 0.25) is 5.02 Å². The lowest BCUT2D eigenvalue weighted by molar-refractivity contribution is -0.384. The Labute approximate surface area is 182 Å². The minimum absolute atomic E-state index is 0.0365. The number of carbonyl (C=O) groups excluding carboxylic acids is 1. The molecule has 2 aromatic carbocycles. The summed E-state index contributed by atoms with van der Waals surface area (Å²) in [5, 5.41) is 11.7. The van der Waals surface area contributed by atoms with Crippen LogP contribution in [-0.4, -0.2) is 51.5 Å². The number of imidazole rings is 1. The highest BCUT2D eigenvalue weighted by Gasteiger charge is 2.28. The first kappa shape index (κ1) is 20.1. The number of piperazine rings is 1. The number of nitro benzene ring substituents is 1. The highest BCUT2D eigenvalue weighted by molar-refractivity contribution is 7.71. The molecule has 10 heteroatoms. The first-order chi connectivity index (χ1) is 14.5. The summed E-state index contributed by atoms with van der Waals surface area (Å²) in [4.78, 5) is 30.7. The number of nitrogens with zero attached hydrogens (tertiary/aromatic N) is 4. The Bertz CT molecular complexity index is 1150.